The van der Waals surface area contributed by atoms with Gasteiger partial charge in [-0.2, -0.15) is 0 Å². The molecule has 58 heavy (non-hydrogen) atoms. The summed E-state index contributed by atoms with van der Waals surface area (Å²) >= 11 is -2.04. The van der Waals surface area contributed by atoms with Crippen LogP contribution in [0, 0.1) is 17.5 Å². The van der Waals surface area contributed by atoms with Gasteiger partial charge in [0.2, 0.25) is 0 Å². The number of hydrogen-bond acceptors (Lipinski definition) is 3. The number of rotatable bonds is 7. The summed E-state index contributed by atoms with van der Waals surface area (Å²) in [5.41, 5.74) is 8.95. The van der Waals surface area contributed by atoms with E-state index in [4.69, 9.17) is 14.7 Å². The first-order valence-corrected chi connectivity index (χ1v) is 28.4. The molecule has 4 aromatic carbocycles. The van der Waals surface area contributed by atoms with Crippen molar-refractivity contribution in [1.29, 1.82) is 0 Å². The van der Waals surface area contributed by atoms with Gasteiger partial charge in [0, 0.05) is 13.3 Å². The standard InChI is InChI=1S/C52H55GeN3O.Pt/c1-51(2,3)46-34-40(53(4,5)6)17-19-43(46)38-24-30-55-50(33-38)56-48-16-9-8-15-44(48)45-20-18-42(35-49(45)56)57-41-14-12-13-39(31-41)47-32-37(23-29-54-47)36-21-27-52(28-22-36)25-10-7-11-26-52;/h8-9,12-20,23-24,29-30,32-34,36H,7,10-11,21-22,25-28H2,1-6H3;/q-2;+2/i36D;. The Labute approximate surface area is 363 Å². The van der Waals surface area contributed by atoms with Gasteiger partial charge in [-0.05, 0) is 61.6 Å². The van der Waals surface area contributed by atoms with E-state index in [9.17, 15) is 1.37 Å². The van der Waals surface area contributed by atoms with Gasteiger partial charge < -0.3 is 4.98 Å². The van der Waals surface area contributed by atoms with Crippen molar-refractivity contribution in [3.8, 4) is 39.7 Å². The molecule has 0 radical (unpaired) electrons. The van der Waals surface area contributed by atoms with Crippen molar-refractivity contribution in [1.82, 2.24) is 14.5 Å². The Hall–Kier alpha value is -3.99. The molecule has 4 nitrogen and oxygen atoms in total. The average molecular weight is 1010 g/mol. The topological polar surface area (TPSA) is 39.9 Å². The second kappa shape index (κ2) is 16.2. The van der Waals surface area contributed by atoms with Crippen LogP contribution < -0.4 is 9.13 Å². The third-order valence-corrected chi connectivity index (χ3v) is 17.1. The van der Waals surface area contributed by atoms with Crippen LogP contribution in [0.4, 0.5) is 0 Å². The van der Waals surface area contributed by atoms with Crippen LogP contribution in [0.3, 0.4) is 0 Å². The van der Waals surface area contributed by atoms with Gasteiger partial charge in [-0.3, -0.25) is 0 Å². The monoisotopic (exact) mass is 1010 g/mol. The maximum absolute atomic E-state index is 9.54. The summed E-state index contributed by atoms with van der Waals surface area (Å²) in [7, 11) is 0. The van der Waals surface area contributed by atoms with Crippen LogP contribution >= 0.6 is 0 Å². The molecular weight excluding hydrogens is 950 g/mol. The predicted octanol–water partition coefficient (Wildman–Crippen LogP) is 13.7. The second-order valence-corrected chi connectivity index (χ2v) is 29.4. The first-order chi connectivity index (χ1) is 27.8. The Morgan fingerprint density at radius 3 is 2.29 bits per heavy atom. The second-order valence-electron chi connectivity index (χ2n) is 18.7. The van der Waals surface area contributed by atoms with E-state index in [1.807, 2.05) is 36.7 Å². The Bertz CT molecular complexity index is 2640. The quantitative estimate of drug-likeness (QED) is 0.118. The smallest absolute Gasteiger partial charge is 0.142 e. The molecule has 2 aliphatic carbocycles. The molecule has 2 aliphatic rings. The maximum atomic E-state index is 9.54. The number of ether oxygens (including phenoxy) is 1. The molecular formula is C52H55GeN3OPt. The van der Waals surface area contributed by atoms with E-state index >= 15 is 0 Å². The Morgan fingerprint density at radius 1 is 0.759 bits per heavy atom. The molecule has 0 amide bonds. The van der Waals surface area contributed by atoms with E-state index in [1.54, 1.807) is 0 Å². The summed E-state index contributed by atoms with van der Waals surface area (Å²) in [4.78, 5) is 9.72. The van der Waals surface area contributed by atoms with Crippen molar-refractivity contribution in [3.63, 3.8) is 0 Å². The normalized spacial score (nSPS) is 16.9. The van der Waals surface area contributed by atoms with Crippen LogP contribution in [0.1, 0.15) is 97.0 Å². The summed E-state index contributed by atoms with van der Waals surface area (Å²) < 4.78 is 19.8. The molecule has 2 fully saturated rings. The zero-order chi connectivity index (χ0) is 40.3. The zero-order valence-electron chi connectivity index (χ0n) is 35.8. The summed E-state index contributed by atoms with van der Waals surface area (Å²) in [5.74, 6) is 8.85. The van der Waals surface area contributed by atoms with Crippen LogP contribution in [0.5, 0.6) is 11.5 Å². The number of hydrogen-bond donors (Lipinski definition) is 0. The molecule has 0 N–H and O–H groups in total. The summed E-state index contributed by atoms with van der Waals surface area (Å²) in [6, 6.07) is 41.4. The van der Waals surface area contributed by atoms with Gasteiger partial charge in [0.1, 0.15) is 0 Å². The van der Waals surface area contributed by atoms with Crippen LogP contribution in [-0.4, -0.2) is 27.8 Å². The van der Waals surface area contributed by atoms with Crippen LogP contribution in [0.15, 0.2) is 109 Å². The number of aromatic nitrogens is 3. The predicted molar refractivity (Wildman–Crippen MR) is 240 cm³/mol. The third kappa shape index (κ3) is 8.13. The molecule has 0 aliphatic heterocycles. The van der Waals surface area contributed by atoms with Crippen molar-refractivity contribution >= 4 is 39.5 Å². The number of nitrogens with zero attached hydrogens (tertiary/aromatic N) is 3. The molecule has 298 valence electrons. The Morgan fingerprint density at radius 2 is 1.52 bits per heavy atom. The van der Waals surface area contributed by atoms with Gasteiger partial charge in [0.25, 0.3) is 0 Å². The molecule has 7 aromatic rings. The zero-order valence-corrected chi connectivity index (χ0v) is 39.2. The van der Waals surface area contributed by atoms with E-state index in [0.717, 1.165) is 75.7 Å². The maximum Gasteiger partial charge on any atom is 2.00 e. The van der Waals surface area contributed by atoms with Gasteiger partial charge in [0.15, 0.2) is 0 Å². The molecule has 1 spiro atoms. The van der Waals surface area contributed by atoms with E-state index in [-0.39, 0.29) is 26.5 Å². The molecule has 0 unspecified atom stereocenters. The van der Waals surface area contributed by atoms with Gasteiger partial charge in [-0.25, -0.2) is 0 Å². The molecule has 0 atom stereocenters. The van der Waals surface area contributed by atoms with Crippen molar-refractivity contribution in [2.45, 2.75) is 107 Å². The number of fused-ring (bicyclic) bond motifs is 3. The number of para-hydroxylation sites is 1. The number of pyridine rings is 2. The van der Waals surface area contributed by atoms with Crippen LogP contribution in [-0.2, 0) is 26.5 Å². The molecule has 9 rings (SSSR count). The summed E-state index contributed by atoms with van der Waals surface area (Å²) in [5, 5.41) is 2.23. The van der Waals surface area contributed by atoms with E-state index in [0.29, 0.717) is 16.9 Å². The Balaban J connectivity index is 0.00000484. The first kappa shape index (κ1) is 39.5. The van der Waals surface area contributed by atoms with Gasteiger partial charge in [-0.15, -0.1) is 23.8 Å². The van der Waals surface area contributed by atoms with Crippen molar-refractivity contribution < 1.29 is 27.2 Å². The molecule has 3 heterocycles. The summed E-state index contributed by atoms with van der Waals surface area (Å²) in [6.07, 6.45) is 14.7. The van der Waals surface area contributed by atoms with Gasteiger partial charge in [-0.1, -0.05) is 37.0 Å². The Kier molecular flexibility index (Phi) is 11.0. The molecule has 2 saturated carbocycles. The minimum atomic E-state index is -2.04. The fourth-order valence-electron chi connectivity index (χ4n) is 9.51. The number of benzene rings is 4. The first-order valence-electron chi connectivity index (χ1n) is 21.5. The van der Waals surface area contributed by atoms with Crippen molar-refractivity contribution in [3.05, 3.63) is 133 Å². The van der Waals surface area contributed by atoms with Crippen molar-refractivity contribution in [2.75, 3.05) is 0 Å². The van der Waals surface area contributed by atoms with E-state index in [2.05, 4.69) is 128 Å². The van der Waals surface area contributed by atoms with Gasteiger partial charge >= 0.3 is 226 Å². The average Bonchev–Trinajstić information content (AvgIpc) is 3.55. The van der Waals surface area contributed by atoms with E-state index < -0.39 is 19.2 Å². The SMILES string of the molecule is [2H]C1(c2ccnc(-c3[c-]c(Oc4[c-]c5c(cc4)c4ccccc4n5-c4cc(-c5cc[c]([Ge]([CH3])([CH3])[CH3])cc5C(C)(C)C)ccn4)ccc3)c2)CCC2(CCCCC2)CC1.[Pt+2]. The fraction of sp³-hybridized carbons (Fsp3) is 0.346. The fourth-order valence-corrected chi connectivity index (χ4v) is 11.9. The molecule has 0 bridgehead atoms. The third-order valence-electron chi connectivity index (χ3n) is 12.8. The van der Waals surface area contributed by atoms with Crippen molar-refractivity contribution in [2.24, 2.45) is 5.41 Å². The van der Waals surface area contributed by atoms with Gasteiger partial charge in [0.05, 0.1) is 0 Å². The molecule has 0 saturated heterocycles. The largest absolute Gasteiger partial charge is 2.00 e. The van der Waals surface area contributed by atoms with Crippen LogP contribution in [0.25, 0.3) is 50.0 Å². The minimum absolute atomic E-state index is 0. The van der Waals surface area contributed by atoms with E-state index in [1.165, 1.54) is 47.6 Å². The molecule has 6 heteroatoms. The summed E-state index contributed by atoms with van der Waals surface area (Å²) in [6.45, 7) is 6.94. The molecule has 3 aromatic heterocycles. The minimum Gasteiger partial charge on any atom is -0.142 e. The van der Waals surface area contributed by atoms with Crippen LogP contribution in [0.2, 0.25) is 17.3 Å².